The van der Waals surface area contributed by atoms with Crippen molar-refractivity contribution < 1.29 is 14.3 Å². The number of hydrogen-bond donors (Lipinski definition) is 1. The molecule has 1 unspecified atom stereocenters. The third kappa shape index (κ3) is 5.58. The molecule has 1 fully saturated rings. The molecule has 1 N–H and O–H groups in total. The number of nitrogens with zero attached hydrogens (tertiary/aromatic N) is 3. The fourth-order valence-corrected chi connectivity index (χ4v) is 3.13. The fourth-order valence-electron chi connectivity index (χ4n) is 3.13. The van der Waals surface area contributed by atoms with Crippen molar-refractivity contribution in [2.45, 2.75) is 39.7 Å². The second kappa shape index (κ2) is 9.39. The van der Waals surface area contributed by atoms with Gasteiger partial charge in [0.15, 0.2) is 6.10 Å². The van der Waals surface area contributed by atoms with Crippen LogP contribution in [-0.4, -0.2) is 48.2 Å². The molecule has 0 aliphatic carbocycles. The molecule has 2 aromatic rings. The maximum Gasteiger partial charge on any atom is 0.260 e. The van der Waals surface area contributed by atoms with Crippen LogP contribution in [0.1, 0.15) is 31.2 Å². The summed E-state index contributed by atoms with van der Waals surface area (Å²) in [5.41, 5.74) is 1.09. The molecule has 28 heavy (non-hydrogen) atoms. The van der Waals surface area contributed by atoms with Crippen LogP contribution in [0.5, 0.6) is 11.6 Å². The highest BCUT2D eigenvalue weighted by molar-refractivity contribution is 5.80. The van der Waals surface area contributed by atoms with Gasteiger partial charge in [-0.3, -0.25) is 4.79 Å². The molecule has 0 spiro atoms. The molecule has 1 saturated heterocycles. The standard InChI is InChI=1S/C21H28N4O3/c1-15-7-6-8-18(13-15)28-16(2)21(26)22-9-12-27-20-14-19(23-17(3)24-20)25-10-4-5-11-25/h6-8,13-14,16H,4-5,9-12H2,1-3H3,(H,22,26). The largest absolute Gasteiger partial charge is 0.481 e. The van der Waals surface area contributed by atoms with E-state index in [4.69, 9.17) is 9.47 Å². The van der Waals surface area contributed by atoms with E-state index < -0.39 is 6.10 Å². The first-order valence-electron chi connectivity index (χ1n) is 9.76. The van der Waals surface area contributed by atoms with Gasteiger partial charge in [0, 0.05) is 19.2 Å². The van der Waals surface area contributed by atoms with Gasteiger partial charge in [-0.2, -0.15) is 4.98 Å². The van der Waals surface area contributed by atoms with Crippen molar-refractivity contribution in [3.63, 3.8) is 0 Å². The minimum Gasteiger partial charge on any atom is -0.481 e. The van der Waals surface area contributed by atoms with Gasteiger partial charge in [0.25, 0.3) is 5.91 Å². The summed E-state index contributed by atoms with van der Waals surface area (Å²) in [7, 11) is 0. The molecule has 1 aromatic heterocycles. The Morgan fingerprint density at radius 1 is 1.21 bits per heavy atom. The van der Waals surface area contributed by atoms with E-state index in [1.165, 1.54) is 12.8 Å². The Bertz CT molecular complexity index is 806. The number of nitrogens with one attached hydrogen (secondary N) is 1. The van der Waals surface area contributed by atoms with E-state index in [0.717, 1.165) is 24.5 Å². The normalized spacial score (nSPS) is 14.6. The molecule has 7 heteroatoms. The van der Waals surface area contributed by atoms with E-state index in [1.54, 1.807) is 6.92 Å². The summed E-state index contributed by atoms with van der Waals surface area (Å²) in [5, 5.41) is 2.83. The first-order valence-corrected chi connectivity index (χ1v) is 9.76. The summed E-state index contributed by atoms with van der Waals surface area (Å²) in [4.78, 5) is 23.3. The fraction of sp³-hybridized carbons (Fsp3) is 0.476. The Labute approximate surface area is 166 Å². The van der Waals surface area contributed by atoms with Crippen LogP contribution in [0.2, 0.25) is 0 Å². The summed E-state index contributed by atoms with van der Waals surface area (Å²) in [6.45, 7) is 8.32. The number of aryl methyl sites for hydroxylation is 2. The minimum atomic E-state index is -0.579. The van der Waals surface area contributed by atoms with Crippen molar-refractivity contribution in [2.75, 3.05) is 31.1 Å². The van der Waals surface area contributed by atoms with Gasteiger partial charge in [0.05, 0.1) is 6.54 Å². The lowest BCUT2D eigenvalue weighted by atomic mass is 10.2. The number of hydrogen-bond acceptors (Lipinski definition) is 6. The molecule has 3 rings (SSSR count). The van der Waals surface area contributed by atoms with Gasteiger partial charge in [0.2, 0.25) is 5.88 Å². The smallest absolute Gasteiger partial charge is 0.260 e. The van der Waals surface area contributed by atoms with Crippen LogP contribution in [0.4, 0.5) is 5.82 Å². The average Bonchev–Trinajstić information content (AvgIpc) is 3.19. The molecule has 1 atom stereocenters. The van der Waals surface area contributed by atoms with Crippen molar-refractivity contribution in [1.82, 2.24) is 15.3 Å². The number of benzene rings is 1. The van der Waals surface area contributed by atoms with Gasteiger partial charge in [0.1, 0.15) is 24.0 Å². The number of rotatable bonds is 8. The molecule has 1 aliphatic rings. The van der Waals surface area contributed by atoms with Crippen LogP contribution in [0.25, 0.3) is 0 Å². The molecular weight excluding hydrogens is 356 g/mol. The Kier molecular flexibility index (Phi) is 6.68. The molecule has 0 saturated carbocycles. The second-order valence-corrected chi connectivity index (χ2v) is 7.02. The lowest BCUT2D eigenvalue weighted by Crippen LogP contribution is -2.38. The first kappa shape index (κ1) is 19.9. The number of amides is 1. The van der Waals surface area contributed by atoms with Crippen LogP contribution in [-0.2, 0) is 4.79 Å². The first-order chi connectivity index (χ1) is 13.5. The third-order valence-electron chi connectivity index (χ3n) is 4.55. The van der Waals surface area contributed by atoms with Gasteiger partial charge < -0.3 is 19.7 Å². The predicted molar refractivity (Wildman–Crippen MR) is 108 cm³/mol. The van der Waals surface area contributed by atoms with Gasteiger partial charge in [-0.05, 0) is 51.3 Å². The van der Waals surface area contributed by atoms with E-state index in [9.17, 15) is 4.79 Å². The zero-order chi connectivity index (χ0) is 19.9. The Morgan fingerprint density at radius 2 is 2.00 bits per heavy atom. The monoisotopic (exact) mass is 384 g/mol. The molecule has 0 radical (unpaired) electrons. The summed E-state index contributed by atoms with van der Waals surface area (Å²) in [5.74, 6) is 2.63. The summed E-state index contributed by atoms with van der Waals surface area (Å²) < 4.78 is 11.4. The quantitative estimate of drug-likeness (QED) is 0.705. The molecule has 2 heterocycles. The van der Waals surface area contributed by atoms with Crippen LogP contribution in [0, 0.1) is 13.8 Å². The Morgan fingerprint density at radius 3 is 2.75 bits per heavy atom. The topological polar surface area (TPSA) is 76.6 Å². The number of carbonyl (C=O) groups is 1. The molecule has 1 aliphatic heterocycles. The highest BCUT2D eigenvalue weighted by Gasteiger charge is 2.16. The molecule has 1 amide bonds. The maximum atomic E-state index is 12.2. The van der Waals surface area contributed by atoms with Gasteiger partial charge in [-0.1, -0.05) is 12.1 Å². The predicted octanol–water partition coefficient (Wildman–Crippen LogP) is 2.66. The minimum absolute atomic E-state index is 0.179. The van der Waals surface area contributed by atoms with Crippen molar-refractivity contribution in [3.05, 3.63) is 41.7 Å². The average molecular weight is 384 g/mol. The van der Waals surface area contributed by atoms with Crippen molar-refractivity contribution in [2.24, 2.45) is 0 Å². The number of aromatic nitrogens is 2. The van der Waals surface area contributed by atoms with Crippen LogP contribution < -0.4 is 19.7 Å². The highest BCUT2D eigenvalue weighted by Crippen LogP contribution is 2.21. The van der Waals surface area contributed by atoms with Crippen molar-refractivity contribution in [1.29, 1.82) is 0 Å². The third-order valence-corrected chi connectivity index (χ3v) is 4.55. The van der Waals surface area contributed by atoms with Gasteiger partial charge in [-0.15, -0.1) is 0 Å². The maximum absolute atomic E-state index is 12.2. The SMILES string of the molecule is Cc1cccc(OC(C)C(=O)NCCOc2cc(N3CCCC3)nc(C)n2)c1. The Balaban J connectivity index is 1.44. The lowest BCUT2D eigenvalue weighted by Gasteiger charge is -2.18. The molecule has 0 bridgehead atoms. The molecule has 7 nitrogen and oxygen atoms in total. The number of carbonyl (C=O) groups excluding carboxylic acids is 1. The van der Waals surface area contributed by atoms with Crippen molar-refractivity contribution >= 4 is 11.7 Å². The summed E-state index contributed by atoms with van der Waals surface area (Å²) in [6, 6.07) is 9.50. The van der Waals surface area contributed by atoms with E-state index in [1.807, 2.05) is 44.2 Å². The van der Waals surface area contributed by atoms with E-state index in [0.29, 0.717) is 30.6 Å². The van der Waals surface area contributed by atoms with Crippen LogP contribution in [0.15, 0.2) is 30.3 Å². The second-order valence-electron chi connectivity index (χ2n) is 7.02. The molecule has 1 aromatic carbocycles. The van der Waals surface area contributed by atoms with E-state index in [2.05, 4.69) is 20.2 Å². The van der Waals surface area contributed by atoms with E-state index in [-0.39, 0.29) is 5.91 Å². The van der Waals surface area contributed by atoms with E-state index >= 15 is 0 Å². The molecular formula is C21H28N4O3. The van der Waals surface area contributed by atoms with Crippen LogP contribution in [0.3, 0.4) is 0 Å². The van der Waals surface area contributed by atoms with Crippen molar-refractivity contribution in [3.8, 4) is 11.6 Å². The van der Waals surface area contributed by atoms with Gasteiger partial charge in [-0.25, -0.2) is 4.98 Å². The number of ether oxygens (including phenoxy) is 2. The van der Waals surface area contributed by atoms with Crippen LogP contribution >= 0.6 is 0 Å². The lowest BCUT2D eigenvalue weighted by molar-refractivity contribution is -0.127. The zero-order valence-electron chi connectivity index (χ0n) is 16.8. The molecule has 150 valence electrons. The summed E-state index contributed by atoms with van der Waals surface area (Å²) >= 11 is 0. The highest BCUT2D eigenvalue weighted by atomic mass is 16.5. The number of anilines is 1. The zero-order valence-corrected chi connectivity index (χ0v) is 16.8. The Hall–Kier alpha value is -2.83. The van der Waals surface area contributed by atoms with Gasteiger partial charge >= 0.3 is 0 Å². The summed E-state index contributed by atoms with van der Waals surface area (Å²) in [6.07, 6.45) is 1.80.